The van der Waals surface area contributed by atoms with E-state index in [1.807, 2.05) is 0 Å². The van der Waals surface area contributed by atoms with Gasteiger partial charge in [-0.25, -0.2) is 8.42 Å². The van der Waals surface area contributed by atoms with Crippen molar-refractivity contribution >= 4 is 33.2 Å². The Kier molecular flexibility index (Phi) is 5.80. The molecule has 0 heterocycles. The Bertz CT molecular complexity index is 891. The number of benzene rings is 2. The van der Waals surface area contributed by atoms with Crippen molar-refractivity contribution in [1.82, 2.24) is 0 Å². The average Bonchev–Trinajstić information content (AvgIpc) is 2.55. The topological polar surface area (TPSA) is 98.5 Å². The van der Waals surface area contributed by atoms with Crippen molar-refractivity contribution in [2.24, 2.45) is 0 Å². The smallest absolute Gasteiger partial charge is 0.288 e. The van der Waals surface area contributed by atoms with E-state index in [1.54, 1.807) is 0 Å². The summed E-state index contributed by atoms with van der Waals surface area (Å²) in [7, 11) is -3.10. The van der Waals surface area contributed by atoms with E-state index in [4.69, 9.17) is 4.74 Å². The maximum atomic E-state index is 12.6. The molecule has 0 radical (unpaired) electrons. The number of halogens is 2. The zero-order valence-corrected chi connectivity index (χ0v) is 14.3. The number of non-ortho nitro benzene ring substituents is 1. The van der Waals surface area contributed by atoms with Crippen molar-refractivity contribution in [2.75, 3.05) is 11.8 Å². The Morgan fingerprint density at radius 2 is 1.92 bits per heavy atom. The number of anilines is 1. The maximum absolute atomic E-state index is 12.6. The molecule has 0 saturated carbocycles. The van der Waals surface area contributed by atoms with Gasteiger partial charge in [0.1, 0.15) is 10.6 Å². The van der Waals surface area contributed by atoms with Crippen molar-refractivity contribution in [1.29, 1.82) is 0 Å². The van der Waals surface area contributed by atoms with Gasteiger partial charge in [-0.15, -0.1) is 0 Å². The molecule has 0 aliphatic rings. The highest BCUT2D eigenvalue weighted by Crippen LogP contribution is 2.35. The molecular weight excluding hydrogens is 378 g/mol. The Labute approximate surface area is 146 Å². The summed E-state index contributed by atoms with van der Waals surface area (Å²) in [6, 6.07) is 8.68. The Balaban J connectivity index is 2.47. The second-order valence-electron chi connectivity index (χ2n) is 4.57. The molecule has 0 unspecified atom stereocenters. The fraction of sp³-hybridized carbons (Fsp3) is 0.143. The Morgan fingerprint density at radius 3 is 2.52 bits per heavy atom. The number of nitrogens with one attached hydrogen (secondary N) is 1. The number of nitrogens with zero attached hydrogens (tertiary/aromatic N) is 1. The van der Waals surface area contributed by atoms with Crippen LogP contribution in [0.15, 0.2) is 52.3 Å². The summed E-state index contributed by atoms with van der Waals surface area (Å²) in [5.74, 6) is -2.85. The molecule has 1 N–H and O–H groups in total. The quantitative estimate of drug-likeness (QED) is 0.440. The molecule has 0 atom stereocenters. The molecule has 0 spiro atoms. The van der Waals surface area contributed by atoms with Crippen LogP contribution >= 0.6 is 11.8 Å². The average molecular weight is 390 g/mol. The van der Waals surface area contributed by atoms with Gasteiger partial charge < -0.3 is 4.74 Å². The molecule has 0 aliphatic carbocycles. The van der Waals surface area contributed by atoms with Crippen LogP contribution in [0.3, 0.4) is 0 Å². The second kappa shape index (κ2) is 7.66. The standard InChI is InChI=1S/C14H12F2N2O5S2/c1-23-11-7-6-9(18(19)20)8-13(11)25(21,22)17-10-4-2-3-5-12(10)24-14(15)16/h2-8,14,17H,1H3. The SMILES string of the molecule is COc1ccc([N+](=O)[O-])cc1S(=O)(=O)Nc1ccccc1SC(F)F. The van der Waals surface area contributed by atoms with Crippen LogP contribution in [-0.2, 0) is 10.0 Å². The predicted molar refractivity (Wildman–Crippen MR) is 88.8 cm³/mol. The molecule has 0 aromatic heterocycles. The first kappa shape index (κ1) is 18.9. The van der Waals surface area contributed by atoms with Gasteiger partial charge in [-0.1, -0.05) is 23.9 Å². The number of nitro benzene ring substituents is 1. The molecule has 0 saturated heterocycles. The first-order valence-electron chi connectivity index (χ1n) is 6.63. The van der Waals surface area contributed by atoms with E-state index in [0.29, 0.717) is 0 Å². The van der Waals surface area contributed by atoms with Crippen LogP contribution in [-0.4, -0.2) is 26.2 Å². The number of hydrogen-bond donors (Lipinski definition) is 1. The van der Waals surface area contributed by atoms with E-state index in [0.717, 1.165) is 18.2 Å². The summed E-state index contributed by atoms with van der Waals surface area (Å²) in [4.78, 5) is 9.67. The van der Waals surface area contributed by atoms with Crippen molar-refractivity contribution in [3.63, 3.8) is 0 Å². The third-order valence-electron chi connectivity index (χ3n) is 2.99. The minimum atomic E-state index is -4.31. The van der Waals surface area contributed by atoms with Gasteiger partial charge in [0.15, 0.2) is 0 Å². The van der Waals surface area contributed by atoms with E-state index in [1.165, 1.54) is 31.4 Å². The lowest BCUT2D eigenvalue weighted by atomic mass is 10.3. The number of nitro groups is 1. The van der Waals surface area contributed by atoms with E-state index < -0.39 is 31.3 Å². The molecule has 7 nitrogen and oxygen atoms in total. The molecule has 0 bridgehead atoms. The molecule has 0 aliphatic heterocycles. The van der Waals surface area contributed by atoms with E-state index in [2.05, 4.69) is 4.72 Å². The first-order valence-corrected chi connectivity index (χ1v) is 9.00. The minimum Gasteiger partial charge on any atom is -0.495 e. The highest BCUT2D eigenvalue weighted by molar-refractivity contribution is 7.99. The lowest BCUT2D eigenvalue weighted by Gasteiger charge is -2.14. The van der Waals surface area contributed by atoms with Crippen molar-refractivity contribution < 1.29 is 26.9 Å². The zero-order valence-electron chi connectivity index (χ0n) is 12.7. The Morgan fingerprint density at radius 1 is 1.24 bits per heavy atom. The number of para-hydroxylation sites is 1. The van der Waals surface area contributed by atoms with Crippen molar-refractivity contribution in [3.05, 3.63) is 52.6 Å². The van der Waals surface area contributed by atoms with Crippen LogP contribution in [0.25, 0.3) is 0 Å². The summed E-state index contributed by atoms with van der Waals surface area (Å²) in [5, 5.41) is 10.9. The van der Waals surface area contributed by atoms with Gasteiger partial charge in [-0.05, 0) is 18.2 Å². The fourth-order valence-corrected chi connectivity index (χ4v) is 3.87. The number of methoxy groups -OCH3 is 1. The summed E-state index contributed by atoms with van der Waals surface area (Å²) < 4.78 is 57.5. The monoisotopic (exact) mass is 390 g/mol. The number of alkyl halides is 2. The highest BCUT2D eigenvalue weighted by atomic mass is 32.2. The molecule has 0 amide bonds. The lowest BCUT2D eigenvalue weighted by Crippen LogP contribution is -2.15. The van der Waals surface area contributed by atoms with Crippen molar-refractivity contribution in [3.8, 4) is 5.75 Å². The van der Waals surface area contributed by atoms with Crippen LogP contribution < -0.4 is 9.46 Å². The molecule has 134 valence electrons. The molecule has 0 fully saturated rings. The van der Waals surface area contributed by atoms with Crippen molar-refractivity contribution in [2.45, 2.75) is 15.5 Å². The van der Waals surface area contributed by atoms with Gasteiger partial charge >= 0.3 is 0 Å². The van der Waals surface area contributed by atoms with Gasteiger partial charge in [-0.2, -0.15) is 8.78 Å². The summed E-state index contributed by atoms with van der Waals surface area (Å²) in [6.07, 6.45) is 0. The molecule has 2 rings (SSSR count). The number of hydrogen-bond acceptors (Lipinski definition) is 6. The van der Waals surface area contributed by atoms with E-state index in [-0.39, 0.29) is 28.1 Å². The van der Waals surface area contributed by atoms with Gasteiger partial charge in [-0.3, -0.25) is 14.8 Å². The van der Waals surface area contributed by atoms with E-state index in [9.17, 15) is 27.3 Å². The normalized spacial score (nSPS) is 11.4. The Hall–Kier alpha value is -2.40. The number of ether oxygens (including phenoxy) is 1. The van der Waals surface area contributed by atoms with Gasteiger partial charge in [0.25, 0.3) is 21.5 Å². The summed E-state index contributed by atoms with van der Waals surface area (Å²) >= 11 is 0.179. The molecule has 11 heteroatoms. The third-order valence-corrected chi connectivity index (χ3v) is 5.17. The van der Waals surface area contributed by atoms with Crippen LogP contribution in [0.5, 0.6) is 5.75 Å². The van der Waals surface area contributed by atoms with Gasteiger partial charge in [0.2, 0.25) is 0 Å². The molecule has 2 aromatic rings. The maximum Gasteiger partial charge on any atom is 0.288 e. The number of rotatable bonds is 7. The highest BCUT2D eigenvalue weighted by Gasteiger charge is 2.24. The van der Waals surface area contributed by atoms with Crippen LogP contribution in [0, 0.1) is 10.1 Å². The molecule has 2 aromatic carbocycles. The summed E-state index contributed by atoms with van der Waals surface area (Å²) in [6.45, 7) is 0. The molecular formula is C14H12F2N2O5S2. The van der Waals surface area contributed by atoms with Gasteiger partial charge in [0.05, 0.1) is 17.7 Å². The van der Waals surface area contributed by atoms with Gasteiger partial charge in [0, 0.05) is 17.0 Å². The summed E-state index contributed by atoms with van der Waals surface area (Å²) in [5.41, 5.74) is -0.516. The predicted octanol–water partition coefficient (Wildman–Crippen LogP) is 3.72. The number of thioether (sulfide) groups is 1. The minimum absolute atomic E-state index is 0.0190. The van der Waals surface area contributed by atoms with Crippen LogP contribution in [0.4, 0.5) is 20.2 Å². The van der Waals surface area contributed by atoms with Crippen LogP contribution in [0.1, 0.15) is 0 Å². The number of sulfonamides is 1. The van der Waals surface area contributed by atoms with E-state index >= 15 is 0 Å². The molecule has 25 heavy (non-hydrogen) atoms. The second-order valence-corrected chi connectivity index (χ2v) is 7.26. The third kappa shape index (κ3) is 4.57. The van der Waals surface area contributed by atoms with Crippen LogP contribution in [0.2, 0.25) is 0 Å². The first-order chi connectivity index (χ1) is 11.7. The zero-order chi connectivity index (χ0) is 18.6. The largest absolute Gasteiger partial charge is 0.495 e. The fourth-order valence-electron chi connectivity index (χ4n) is 1.94. The lowest BCUT2D eigenvalue weighted by molar-refractivity contribution is -0.385.